The Balaban J connectivity index is 2.17. The number of aliphatic imine (C=N–C) groups is 2. The van der Waals surface area contributed by atoms with E-state index in [-0.39, 0.29) is 10.3 Å². The van der Waals surface area contributed by atoms with E-state index < -0.39 is 0 Å². The molecule has 0 aromatic carbocycles. The van der Waals surface area contributed by atoms with Gasteiger partial charge >= 0.3 is 0 Å². The maximum Gasteiger partial charge on any atom is 0.248 e. The molecule has 0 N–H and O–H groups in total. The van der Waals surface area contributed by atoms with Crippen LogP contribution in [0.25, 0.3) is 5.57 Å². The average Bonchev–Trinajstić information content (AvgIpc) is 2.66. The standard InChI is InChI=1S/C11H7Cl3N6/c12-6-4-15-5-17-8(6)7-9(13)19-11-16-2-1-3-18-20(11)10(7)14/h3-5H,1-2H2. The smallest absolute Gasteiger partial charge is 0.248 e. The lowest BCUT2D eigenvalue weighted by Gasteiger charge is -2.23. The topological polar surface area (TPSA) is 66.1 Å². The van der Waals surface area contributed by atoms with Gasteiger partial charge < -0.3 is 0 Å². The molecule has 102 valence electrons. The number of hydrogen-bond acceptors (Lipinski definition) is 6. The van der Waals surface area contributed by atoms with E-state index in [0.717, 1.165) is 0 Å². The molecule has 3 heterocycles. The molecule has 6 nitrogen and oxygen atoms in total. The van der Waals surface area contributed by atoms with E-state index in [1.165, 1.54) is 17.5 Å². The van der Waals surface area contributed by atoms with Gasteiger partial charge in [0.05, 0.1) is 16.3 Å². The normalized spacial score (nSPS) is 18.4. The minimum absolute atomic E-state index is 0.169. The second-order valence-corrected chi connectivity index (χ2v) is 4.99. The van der Waals surface area contributed by atoms with Gasteiger partial charge in [0.15, 0.2) is 0 Å². The van der Waals surface area contributed by atoms with E-state index in [1.807, 2.05) is 0 Å². The third-order valence-corrected chi connectivity index (χ3v) is 3.50. The fourth-order valence-corrected chi connectivity index (χ4v) is 2.53. The van der Waals surface area contributed by atoms with Gasteiger partial charge in [0.1, 0.15) is 16.7 Å². The minimum atomic E-state index is 0.169. The molecule has 0 radical (unpaired) electrons. The lowest BCUT2D eigenvalue weighted by Crippen LogP contribution is -2.28. The van der Waals surface area contributed by atoms with Crippen molar-refractivity contribution in [3.63, 3.8) is 0 Å². The van der Waals surface area contributed by atoms with Crippen LogP contribution in [0.4, 0.5) is 0 Å². The van der Waals surface area contributed by atoms with Crippen LogP contribution < -0.4 is 0 Å². The second-order valence-electron chi connectivity index (χ2n) is 3.87. The molecule has 1 aromatic rings. The van der Waals surface area contributed by atoms with Crippen LogP contribution in [0.5, 0.6) is 0 Å². The summed E-state index contributed by atoms with van der Waals surface area (Å²) in [6.45, 7) is 0.580. The molecule has 20 heavy (non-hydrogen) atoms. The molecular weight excluding hydrogens is 323 g/mol. The van der Waals surface area contributed by atoms with E-state index in [2.05, 4.69) is 25.1 Å². The zero-order valence-electron chi connectivity index (χ0n) is 9.96. The molecule has 0 unspecified atom stereocenters. The quantitative estimate of drug-likeness (QED) is 0.744. The van der Waals surface area contributed by atoms with E-state index in [0.29, 0.717) is 35.2 Å². The van der Waals surface area contributed by atoms with Gasteiger partial charge in [-0.05, 0) is 0 Å². The Bertz CT molecular complexity index is 678. The van der Waals surface area contributed by atoms with Gasteiger partial charge in [0.2, 0.25) is 5.96 Å². The fraction of sp³-hybridized carbons (Fsp3) is 0.182. The molecule has 2 aliphatic heterocycles. The van der Waals surface area contributed by atoms with E-state index in [4.69, 9.17) is 34.8 Å². The molecule has 0 amide bonds. The van der Waals surface area contributed by atoms with E-state index >= 15 is 0 Å². The molecule has 0 aliphatic carbocycles. The highest BCUT2D eigenvalue weighted by atomic mass is 35.5. The predicted molar refractivity (Wildman–Crippen MR) is 80.4 cm³/mol. The number of hydrazone groups is 1. The predicted octanol–water partition coefficient (Wildman–Crippen LogP) is 2.74. The zero-order valence-corrected chi connectivity index (χ0v) is 12.2. The van der Waals surface area contributed by atoms with Gasteiger partial charge in [-0.15, -0.1) is 0 Å². The van der Waals surface area contributed by atoms with Crippen molar-refractivity contribution < 1.29 is 0 Å². The van der Waals surface area contributed by atoms with E-state index in [9.17, 15) is 0 Å². The van der Waals surface area contributed by atoms with Crippen LogP contribution in [0.1, 0.15) is 12.1 Å². The summed E-state index contributed by atoms with van der Waals surface area (Å²) in [5, 5.41) is 6.36. The van der Waals surface area contributed by atoms with Crippen LogP contribution in [0.2, 0.25) is 5.02 Å². The lowest BCUT2D eigenvalue weighted by atomic mass is 10.2. The van der Waals surface area contributed by atoms with Crippen molar-refractivity contribution in [1.29, 1.82) is 0 Å². The minimum Gasteiger partial charge on any atom is -0.249 e. The molecule has 2 aliphatic rings. The second kappa shape index (κ2) is 5.47. The van der Waals surface area contributed by atoms with Crippen LogP contribution >= 0.6 is 34.8 Å². The number of aromatic nitrogens is 2. The molecule has 0 atom stereocenters. The fourth-order valence-electron chi connectivity index (χ4n) is 1.73. The summed E-state index contributed by atoms with van der Waals surface area (Å²) in [5.41, 5.74) is 0.803. The van der Waals surface area contributed by atoms with Crippen molar-refractivity contribution in [1.82, 2.24) is 15.0 Å². The molecule has 0 spiro atoms. The number of allylic oxidation sites excluding steroid dienone is 1. The summed E-state index contributed by atoms with van der Waals surface area (Å²) in [6, 6.07) is 0. The number of guanidine groups is 1. The molecule has 3 rings (SSSR count). The molecular formula is C11H7Cl3N6. The van der Waals surface area contributed by atoms with Crippen LogP contribution in [0.3, 0.4) is 0 Å². The Morgan fingerprint density at radius 3 is 2.85 bits per heavy atom. The third-order valence-electron chi connectivity index (χ3n) is 2.60. The molecule has 0 bridgehead atoms. The highest BCUT2D eigenvalue weighted by Crippen LogP contribution is 2.33. The van der Waals surface area contributed by atoms with Crippen molar-refractivity contribution in [2.45, 2.75) is 6.42 Å². The first-order valence-electron chi connectivity index (χ1n) is 5.65. The Labute approximate surface area is 129 Å². The first kappa shape index (κ1) is 13.5. The highest BCUT2D eigenvalue weighted by Gasteiger charge is 2.29. The van der Waals surface area contributed by atoms with E-state index in [1.54, 1.807) is 6.21 Å². The Kier molecular flexibility index (Phi) is 3.69. The summed E-state index contributed by atoms with van der Waals surface area (Å²) in [4.78, 5) is 16.4. The monoisotopic (exact) mass is 328 g/mol. The average molecular weight is 330 g/mol. The Morgan fingerprint density at radius 2 is 2.05 bits per heavy atom. The van der Waals surface area contributed by atoms with Gasteiger partial charge in [0, 0.05) is 25.4 Å². The van der Waals surface area contributed by atoms with Crippen LogP contribution in [0, 0.1) is 0 Å². The van der Waals surface area contributed by atoms with Crippen LogP contribution in [0.15, 0.2) is 32.8 Å². The van der Waals surface area contributed by atoms with Crippen molar-refractivity contribution in [2.75, 3.05) is 6.54 Å². The first-order chi connectivity index (χ1) is 9.68. The maximum atomic E-state index is 6.36. The number of rotatable bonds is 1. The number of nitrogens with zero attached hydrogens (tertiary/aromatic N) is 6. The molecule has 1 aromatic heterocycles. The summed E-state index contributed by atoms with van der Waals surface area (Å²) < 4.78 is 0. The first-order valence-corrected chi connectivity index (χ1v) is 6.79. The maximum absolute atomic E-state index is 6.36. The summed E-state index contributed by atoms with van der Waals surface area (Å²) in [7, 11) is 0. The molecule has 9 heteroatoms. The van der Waals surface area contributed by atoms with Gasteiger partial charge in [-0.25, -0.2) is 15.0 Å². The molecule has 0 saturated carbocycles. The summed E-state index contributed by atoms with van der Waals surface area (Å²) >= 11 is 18.6. The summed E-state index contributed by atoms with van der Waals surface area (Å²) in [5.74, 6) is 0.350. The van der Waals surface area contributed by atoms with Crippen LogP contribution in [-0.4, -0.2) is 38.9 Å². The van der Waals surface area contributed by atoms with Gasteiger partial charge in [0.25, 0.3) is 0 Å². The lowest BCUT2D eigenvalue weighted by molar-refractivity contribution is 0.582. The van der Waals surface area contributed by atoms with Gasteiger partial charge in [-0.2, -0.15) is 15.1 Å². The molecule has 0 saturated heterocycles. The van der Waals surface area contributed by atoms with Crippen LogP contribution in [-0.2, 0) is 0 Å². The number of halogens is 3. The highest BCUT2D eigenvalue weighted by molar-refractivity contribution is 6.78. The van der Waals surface area contributed by atoms with Crippen molar-refractivity contribution >= 4 is 57.7 Å². The molecule has 0 fully saturated rings. The SMILES string of the molecule is ClC1=NC2=NCCC=NN2C(Cl)=C1c1ncncc1Cl. The van der Waals surface area contributed by atoms with Crippen molar-refractivity contribution in [3.05, 3.63) is 28.4 Å². The third kappa shape index (κ3) is 2.30. The van der Waals surface area contributed by atoms with Gasteiger partial charge in [-0.1, -0.05) is 34.8 Å². The summed E-state index contributed by atoms with van der Waals surface area (Å²) in [6.07, 6.45) is 5.24. The Hall–Kier alpha value is -1.50. The zero-order chi connectivity index (χ0) is 14.1. The Morgan fingerprint density at radius 1 is 1.20 bits per heavy atom. The number of fused-ring (bicyclic) bond motifs is 1. The van der Waals surface area contributed by atoms with Crippen molar-refractivity contribution in [3.8, 4) is 0 Å². The van der Waals surface area contributed by atoms with Crippen molar-refractivity contribution in [2.24, 2.45) is 15.1 Å². The number of hydrogen-bond donors (Lipinski definition) is 0. The van der Waals surface area contributed by atoms with Gasteiger partial charge in [-0.3, -0.25) is 0 Å². The largest absolute Gasteiger partial charge is 0.249 e.